The third kappa shape index (κ3) is 3.46. The van der Waals surface area contributed by atoms with Gasteiger partial charge in [-0.2, -0.15) is 0 Å². The summed E-state index contributed by atoms with van der Waals surface area (Å²) in [5.74, 6) is 0.915. The van der Waals surface area contributed by atoms with Crippen molar-refractivity contribution in [2.24, 2.45) is 34.5 Å². The van der Waals surface area contributed by atoms with Crippen LogP contribution in [0.1, 0.15) is 75.7 Å². The minimum Gasteiger partial charge on any atom is -0.726 e. The van der Waals surface area contributed by atoms with Crippen LogP contribution in [0.3, 0.4) is 0 Å². The van der Waals surface area contributed by atoms with Gasteiger partial charge in [0.2, 0.25) is 10.4 Å². The molecule has 0 aliphatic heterocycles. The van der Waals surface area contributed by atoms with Gasteiger partial charge in [0.1, 0.15) is 0 Å². The normalized spacial score (nSPS) is 57.4. The summed E-state index contributed by atoms with van der Waals surface area (Å²) in [5.41, 5.74) is -0.732. The first-order chi connectivity index (χ1) is 12.7. The molecule has 0 spiro atoms. The number of hydrogen-bond acceptors (Lipinski definition) is 5. The quantitative estimate of drug-likeness (QED) is 0.410. The zero-order chi connectivity index (χ0) is 20.8. The predicted molar refractivity (Wildman–Crippen MR) is 92.3 cm³/mol. The molecular formula is C19H31NaO5S. The predicted octanol–water partition coefficient (Wildman–Crippen LogP) is 0.239. The van der Waals surface area contributed by atoms with Gasteiger partial charge in [-0.15, -0.1) is 0 Å². The van der Waals surface area contributed by atoms with Gasteiger partial charge < -0.3 is 9.66 Å². The zero-order valence-electron chi connectivity index (χ0n) is 19.0. The second-order valence-corrected chi connectivity index (χ2v) is 10.3. The summed E-state index contributed by atoms with van der Waals surface area (Å²) >= 11 is 0. The number of fused-ring (bicyclic) bond motifs is 5. The van der Waals surface area contributed by atoms with E-state index in [-0.39, 0.29) is 59.1 Å². The zero-order valence-corrected chi connectivity index (χ0v) is 18.8. The third-order valence-electron chi connectivity index (χ3n) is 8.29. The van der Waals surface area contributed by atoms with Crippen molar-refractivity contribution in [1.29, 1.82) is 0 Å². The molecule has 4 saturated carbocycles. The van der Waals surface area contributed by atoms with Crippen molar-refractivity contribution in [2.45, 2.75) is 83.8 Å². The minimum absolute atomic E-state index is 0. The van der Waals surface area contributed by atoms with Crippen LogP contribution in [0.5, 0.6) is 0 Å². The van der Waals surface area contributed by atoms with Crippen LogP contribution < -0.4 is 29.6 Å². The van der Waals surface area contributed by atoms with E-state index in [0.717, 1.165) is 25.7 Å². The van der Waals surface area contributed by atoms with Crippen LogP contribution in [0.15, 0.2) is 0 Å². The third-order valence-corrected chi connectivity index (χ3v) is 8.80. The van der Waals surface area contributed by atoms with E-state index in [2.05, 4.69) is 6.92 Å². The molecule has 0 amide bonds. The molecule has 0 aromatic carbocycles. The second-order valence-electron chi connectivity index (χ2n) is 9.24. The first-order valence-electron chi connectivity index (χ1n) is 11.1. The van der Waals surface area contributed by atoms with Crippen LogP contribution in [0.25, 0.3) is 0 Å². The molecule has 5 nitrogen and oxygen atoms in total. The summed E-state index contributed by atoms with van der Waals surface area (Å²) in [6.07, 6.45) is 0.902. The molecule has 4 rings (SSSR count). The van der Waals surface area contributed by atoms with Crippen LogP contribution >= 0.6 is 0 Å². The average molecular weight is 398 g/mol. The van der Waals surface area contributed by atoms with Crippen molar-refractivity contribution in [1.82, 2.24) is 0 Å². The molecule has 0 aromatic rings. The smallest absolute Gasteiger partial charge is 0.726 e. The molecule has 26 heavy (non-hydrogen) atoms. The summed E-state index contributed by atoms with van der Waals surface area (Å²) in [4.78, 5) is 0. The Bertz CT molecular complexity index is 763. The monoisotopic (exact) mass is 397 g/mol. The molecule has 0 radical (unpaired) electrons. The first-order valence-corrected chi connectivity index (χ1v) is 10.9. The minimum atomic E-state index is -4.69. The molecule has 1 N–H and O–H groups in total. The van der Waals surface area contributed by atoms with Crippen LogP contribution in [-0.2, 0) is 14.6 Å². The molecule has 4 aliphatic carbocycles. The molecule has 144 valence electrons. The molecule has 0 bridgehead atoms. The van der Waals surface area contributed by atoms with E-state index in [9.17, 15) is 18.1 Å². The van der Waals surface area contributed by atoms with Crippen molar-refractivity contribution in [3.63, 3.8) is 0 Å². The average Bonchev–Trinajstić information content (AvgIpc) is 2.70. The molecule has 0 saturated heterocycles. The van der Waals surface area contributed by atoms with Gasteiger partial charge in [-0.1, -0.05) is 13.8 Å². The molecule has 0 aromatic heterocycles. The fourth-order valence-corrected chi connectivity index (χ4v) is 7.38. The van der Waals surface area contributed by atoms with E-state index in [4.69, 9.17) is 8.30 Å². The maximum absolute atomic E-state index is 11.0. The van der Waals surface area contributed by atoms with Crippen LogP contribution in [-0.4, -0.2) is 30.3 Å². The van der Waals surface area contributed by atoms with Gasteiger partial charge in [0.25, 0.3) is 0 Å². The molecular weight excluding hydrogens is 363 g/mol. The van der Waals surface area contributed by atoms with Crippen LogP contribution in [0.4, 0.5) is 0 Å². The van der Waals surface area contributed by atoms with Crippen molar-refractivity contribution in [2.75, 3.05) is 0 Å². The first kappa shape index (κ1) is 17.7. The van der Waals surface area contributed by atoms with Crippen LogP contribution in [0, 0.1) is 34.5 Å². The molecule has 8 atom stereocenters. The summed E-state index contributed by atoms with van der Waals surface area (Å²) in [7, 11) is -4.69. The molecule has 4 aliphatic rings. The van der Waals surface area contributed by atoms with E-state index in [1.54, 1.807) is 0 Å². The van der Waals surface area contributed by atoms with Gasteiger partial charge in [0.15, 0.2) is 0 Å². The Balaban J connectivity index is 0.00000240. The fraction of sp³-hybridized carbons (Fsp3) is 1.00. The summed E-state index contributed by atoms with van der Waals surface area (Å²) in [5, 5.41) is 10.8. The maximum atomic E-state index is 11.0. The van der Waals surface area contributed by atoms with Crippen molar-refractivity contribution >= 4 is 10.4 Å². The summed E-state index contributed by atoms with van der Waals surface area (Å²) in [6.45, 7) is 4.15. The Hall–Kier alpha value is 0.830. The Kier molecular flexibility index (Phi) is 4.93. The molecule has 0 heterocycles. The molecule has 0 unspecified atom stereocenters. The molecule has 4 fully saturated rings. The second kappa shape index (κ2) is 7.26. The number of rotatable bonds is 2. The van der Waals surface area contributed by atoms with Gasteiger partial charge >= 0.3 is 29.6 Å². The Morgan fingerprint density at radius 3 is 2.46 bits per heavy atom. The maximum Gasteiger partial charge on any atom is 1.00 e. The molecule has 7 heteroatoms. The fourth-order valence-electron chi connectivity index (χ4n) is 6.87. The van der Waals surface area contributed by atoms with E-state index >= 15 is 0 Å². The van der Waals surface area contributed by atoms with Gasteiger partial charge in [0.05, 0.1) is 13.6 Å². The van der Waals surface area contributed by atoms with E-state index < -0.39 is 34.4 Å². The SMILES string of the molecule is [2H]C1([2H])C[C@H]2[C@@H]3CC[C@H]4C[C@H](OS(=O)(=O)[O-])CC[C@]4(C)[C@H]3CC[C@]2(C)[C@@]1([2H])O.[Na+]. The largest absolute Gasteiger partial charge is 1.00 e. The Labute approximate surface area is 184 Å². The van der Waals surface area contributed by atoms with Crippen LogP contribution in [0.2, 0.25) is 0 Å². The van der Waals surface area contributed by atoms with E-state index in [1.165, 1.54) is 0 Å². The topological polar surface area (TPSA) is 86.7 Å². The summed E-state index contributed by atoms with van der Waals surface area (Å²) in [6, 6.07) is 0. The van der Waals surface area contributed by atoms with E-state index in [1.807, 2.05) is 6.92 Å². The van der Waals surface area contributed by atoms with Gasteiger partial charge in [-0.25, -0.2) is 8.42 Å². The van der Waals surface area contributed by atoms with Crippen molar-refractivity contribution < 1.29 is 55.9 Å². The van der Waals surface area contributed by atoms with Gasteiger partial charge in [-0.3, -0.25) is 4.18 Å². The van der Waals surface area contributed by atoms with Gasteiger partial charge in [0, 0.05) is 2.74 Å². The summed E-state index contributed by atoms with van der Waals surface area (Å²) < 4.78 is 62.7. The number of aliphatic hydroxyl groups is 1. The number of hydrogen-bond donors (Lipinski definition) is 1. The van der Waals surface area contributed by atoms with Crippen molar-refractivity contribution in [3.05, 3.63) is 0 Å². The van der Waals surface area contributed by atoms with Gasteiger partial charge in [-0.05, 0) is 92.2 Å². The van der Waals surface area contributed by atoms with E-state index in [0.29, 0.717) is 25.2 Å². The Morgan fingerprint density at radius 2 is 1.77 bits per heavy atom. The van der Waals surface area contributed by atoms with Crippen molar-refractivity contribution in [3.8, 4) is 0 Å². The Morgan fingerprint density at radius 1 is 1.12 bits per heavy atom. The standard InChI is InChI=1S/C19H32O5S.Na/c1-18-9-7-13(24-25(21,22)23)11-12(18)3-4-14-15-5-6-17(20)19(15,2)10-8-16(14)18;/h12-17,20H,3-11H2,1-2H3,(H,21,22,23);/q;+1/p-1/t12-,13+,14-,15-,16-,17-,18-,19-;/m0./s1/i6D2,17D;.